The number of carbonyl (C=O) groups is 3. The number of aromatic nitrogens is 1. The first kappa shape index (κ1) is 30.9. The number of piperazine rings is 1. The van der Waals surface area contributed by atoms with E-state index in [2.05, 4.69) is 39.5 Å². The van der Waals surface area contributed by atoms with Crippen molar-refractivity contribution in [2.45, 2.75) is 6.42 Å². The van der Waals surface area contributed by atoms with Gasteiger partial charge in [0.1, 0.15) is 12.3 Å². The van der Waals surface area contributed by atoms with Crippen LogP contribution in [0.3, 0.4) is 0 Å². The summed E-state index contributed by atoms with van der Waals surface area (Å²) in [5.41, 5.74) is 2.23. The molecule has 1 aliphatic rings. The van der Waals surface area contributed by atoms with Crippen LogP contribution in [0.15, 0.2) is 66.1 Å². The molecule has 3 aromatic rings. The molecule has 0 aliphatic carbocycles. The number of thiazole rings is 1. The number of rotatable bonds is 13. The van der Waals surface area contributed by atoms with Gasteiger partial charge in [-0.05, 0) is 29.8 Å². The summed E-state index contributed by atoms with van der Waals surface area (Å²) in [6, 6.07) is 16.9. The van der Waals surface area contributed by atoms with Gasteiger partial charge in [0.2, 0.25) is 11.8 Å². The third-order valence-electron chi connectivity index (χ3n) is 6.85. The van der Waals surface area contributed by atoms with Crippen LogP contribution in [-0.4, -0.2) is 104 Å². The normalized spacial score (nSPS) is 13.7. The van der Waals surface area contributed by atoms with Crippen LogP contribution in [0.2, 0.25) is 0 Å². The Morgan fingerprint density at radius 1 is 1.02 bits per heavy atom. The molecule has 0 bridgehead atoms. The van der Waals surface area contributed by atoms with Crippen molar-refractivity contribution in [3.63, 3.8) is 0 Å². The number of nitrogens with zero attached hydrogens (tertiary/aromatic N) is 4. The molecule has 1 saturated heterocycles. The Balaban J connectivity index is 1.23. The predicted molar refractivity (Wildman–Crippen MR) is 164 cm³/mol. The number of anilines is 1. The van der Waals surface area contributed by atoms with Gasteiger partial charge in [0.05, 0.1) is 25.8 Å². The number of hydrogen-bond donors (Lipinski definition) is 1. The summed E-state index contributed by atoms with van der Waals surface area (Å²) in [7, 11) is 3.10. The van der Waals surface area contributed by atoms with Gasteiger partial charge in [-0.1, -0.05) is 42.5 Å². The fourth-order valence-electron chi connectivity index (χ4n) is 4.50. The Kier molecular flexibility index (Phi) is 11.6. The minimum absolute atomic E-state index is 0.0217. The van der Waals surface area contributed by atoms with Gasteiger partial charge in [-0.15, -0.1) is 11.3 Å². The standard InChI is InChI=1S/C31H37N5O5S/c1-40-20-19-36(30(39)25-10-12-27(41-2)13-11-25)22-28(37)33-31-32-26(23-42-31)21-29(38)35-17-15-34(16-18-35)14-6-9-24-7-4-3-5-8-24/h3-13,23H,14-22H2,1-2H3,(H,32,33,37)/b9-6+. The van der Waals surface area contributed by atoms with Crippen molar-refractivity contribution in [2.75, 3.05) is 72.0 Å². The molecule has 11 heteroatoms. The molecule has 1 N–H and O–H groups in total. The third-order valence-corrected chi connectivity index (χ3v) is 7.66. The lowest BCUT2D eigenvalue weighted by Gasteiger charge is -2.34. The van der Waals surface area contributed by atoms with Crippen molar-refractivity contribution < 1.29 is 23.9 Å². The summed E-state index contributed by atoms with van der Waals surface area (Å²) >= 11 is 1.26. The zero-order valence-electron chi connectivity index (χ0n) is 24.0. The molecule has 0 unspecified atom stereocenters. The first-order valence-corrected chi connectivity index (χ1v) is 14.7. The summed E-state index contributed by atoms with van der Waals surface area (Å²) in [5, 5.41) is 4.93. The zero-order valence-corrected chi connectivity index (χ0v) is 24.8. The Morgan fingerprint density at radius 2 is 1.76 bits per heavy atom. The molecule has 1 aliphatic heterocycles. The highest BCUT2D eigenvalue weighted by molar-refractivity contribution is 7.13. The Morgan fingerprint density at radius 3 is 2.45 bits per heavy atom. The number of hydrogen-bond acceptors (Lipinski definition) is 8. The quantitative estimate of drug-likeness (QED) is 0.325. The van der Waals surface area contributed by atoms with Crippen molar-refractivity contribution in [1.29, 1.82) is 0 Å². The molecule has 2 heterocycles. The van der Waals surface area contributed by atoms with Crippen LogP contribution in [0.1, 0.15) is 21.6 Å². The fraction of sp³-hybridized carbons (Fsp3) is 0.355. The van der Waals surface area contributed by atoms with Crippen LogP contribution in [0.5, 0.6) is 5.75 Å². The topological polar surface area (TPSA) is 104 Å². The molecule has 0 saturated carbocycles. The second-order valence-electron chi connectivity index (χ2n) is 9.81. The maximum atomic E-state index is 13.0. The monoisotopic (exact) mass is 591 g/mol. The number of benzene rings is 2. The first-order chi connectivity index (χ1) is 20.4. The summed E-state index contributed by atoms with van der Waals surface area (Å²) in [6.07, 6.45) is 4.45. The molecule has 0 radical (unpaired) electrons. The molecule has 10 nitrogen and oxygen atoms in total. The van der Waals surface area contributed by atoms with Crippen LogP contribution in [-0.2, 0) is 20.7 Å². The second kappa shape index (κ2) is 15.8. The van der Waals surface area contributed by atoms with Gasteiger partial charge in [0, 0.05) is 57.3 Å². The largest absolute Gasteiger partial charge is 0.497 e. The maximum Gasteiger partial charge on any atom is 0.254 e. The number of methoxy groups -OCH3 is 2. The predicted octanol–water partition coefficient (Wildman–Crippen LogP) is 3.28. The molecule has 0 spiro atoms. The zero-order chi connectivity index (χ0) is 29.7. The van der Waals surface area contributed by atoms with Crippen molar-refractivity contribution in [3.05, 3.63) is 82.9 Å². The molecule has 222 valence electrons. The van der Waals surface area contributed by atoms with Gasteiger partial charge in [0.15, 0.2) is 5.13 Å². The molecule has 0 atom stereocenters. The van der Waals surface area contributed by atoms with Crippen LogP contribution >= 0.6 is 11.3 Å². The summed E-state index contributed by atoms with van der Waals surface area (Å²) < 4.78 is 10.3. The van der Waals surface area contributed by atoms with Crippen LogP contribution < -0.4 is 10.1 Å². The van der Waals surface area contributed by atoms with Gasteiger partial charge in [-0.25, -0.2) is 4.98 Å². The summed E-state index contributed by atoms with van der Waals surface area (Å²) in [5.74, 6) is -0.00583. The lowest BCUT2D eigenvalue weighted by Crippen LogP contribution is -2.49. The molecule has 1 aromatic heterocycles. The van der Waals surface area contributed by atoms with E-state index in [1.807, 2.05) is 23.1 Å². The molecule has 2 aromatic carbocycles. The lowest BCUT2D eigenvalue weighted by atomic mass is 10.2. The van der Waals surface area contributed by atoms with E-state index in [9.17, 15) is 14.4 Å². The second-order valence-corrected chi connectivity index (χ2v) is 10.7. The molecule has 3 amide bonds. The fourth-order valence-corrected chi connectivity index (χ4v) is 5.22. The number of nitrogens with one attached hydrogen (secondary N) is 1. The Labute approximate surface area is 250 Å². The highest BCUT2D eigenvalue weighted by Crippen LogP contribution is 2.18. The van der Waals surface area contributed by atoms with E-state index < -0.39 is 0 Å². The number of carbonyl (C=O) groups excluding carboxylic acids is 3. The summed E-state index contributed by atoms with van der Waals surface area (Å²) in [4.78, 5) is 48.8. The van der Waals surface area contributed by atoms with Gasteiger partial charge >= 0.3 is 0 Å². The van der Waals surface area contributed by atoms with Gasteiger partial charge in [-0.2, -0.15) is 0 Å². The minimum Gasteiger partial charge on any atom is -0.497 e. The first-order valence-electron chi connectivity index (χ1n) is 13.8. The molecule has 42 heavy (non-hydrogen) atoms. The van der Waals surface area contributed by atoms with Crippen molar-refractivity contribution in [3.8, 4) is 5.75 Å². The third kappa shape index (κ3) is 9.23. The maximum absolute atomic E-state index is 13.0. The van der Waals surface area contributed by atoms with Gasteiger partial charge < -0.3 is 24.6 Å². The number of amides is 3. The van der Waals surface area contributed by atoms with Crippen molar-refractivity contribution >= 4 is 40.3 Å². The van der Waals surface area contributed by atoms with Crippen LogP contribution in [0.4, 0.5) is 5.13 Å². The van der Waals surface area contributed by atoms with E-state index in [-0.39, 0.29) is 43.8 Å². The van der Waals surface area contributed by atoms with E-state index in [1.54, 1.807) is 43.9 Å². The molecule has 1 fully saturated rings. The van der Waals surface area contributed by atoms with E-state index in [1.165, 1.54) is 21.8 Å². The SMILES string of the molecule is COCCN(CC(=O)Nc1nc(CC(=O)N2CCN(C/C=C/c3ccccc3)CC2)cs1)C(=O)c1ccc(OC)cc1. The average Bonchev–Trinajstić information content (AvgIpc) is 3.45. The highest BCUT2D eigenvalue weighted by atomic mass is 32.1. The van der Waals surface area contributed by atoms with E-state index in [0.29, 0.717) is 35.2 Å². The Hall–Kier alpha value is -4.06. The van der Waals surface area contributed by atoms with Crippen LogP contribution in [0, 0.1) is 0 Å². The van der Waals surface area contributed by atoms with Gasteiger partial charge in [-0.3, -0.25) is 19.3 Å². The number of ether oxygens (including phenoxy) is 2. The highest BCUT2D eigenvalue weighted by Gasteiger charge is 2.22. The Bertz CT molecular complexity index is 1340. The molecule has 4 rings (SSSR count). The van der Waals surface area contributed by atoms with E-state index in [0.717, 1.165) is 19.6 Å². The lowest BCUT2D eigenvalue weighted by molar-refractivity contribution is -0.132. The molecular formula is C31H37N5O5S. The van der Waals surface area contributed by atoms with E-state index in [4.69, 9.17) is 9.47 Å². The van der Waals surface area contributed by atoms with Crippen molar-refractivity contribution in [1.82, 2.24) is 19.7 Å². The smallest absolute Gasteiger partial charge is 0.254 e. The van der Waals surface area contributed by atoms with Crippen molar-refractivity contribution in [2.24, 2.45) is 0 Å². The van der Waals surface area contributed by atoms with Crippen LogP contribution in [0.25, 0.3) is 6.08 Å². The van der Waals surface area contributed by atoms with Gasteiger partial charge in [0.25, 0.3) is 5.91 Å². The molecular weight excluding hydrogens is 554 g/mol. The minimum atomic E-state index is -0.377. The average molecular weight is 592 g/mol. The van der Waals surface area contributed by atoms with E-state index >= 15 is 0 Å². The summed E-state index contributed by atoms with van der Waals surface area (Å²) in [6.45, 7) is 4.21.